The summed E-state index contributed by atoms with van der Waals surface area (Å²) in [7, 11) is -3.66. The number of anilines is 2. The molecule has 138 valence electrons. The molecule has 9 heteroatoms. The molecule has 0 bridgehead atoms. The Balaban J connectivity index is 1.85. The van der Waals surface area contributed by atoms with Crippen molar-refractivity contribution in [3.63, 3.8) is 0 Å². The number of ether oxygens (including phenoxy) is 2. The summed E-state index contributed by atoms with van der Waals surface area (Å²) in [5.41, 5.74) is 0.912. The maximum Gasteiger partial charge on any atom is 0.245 e. The lowest BCUT2D eigenvalue weighted by atomic mass is 10.2. The lowest BCUT2D eigenvalue weighted by Crippen LogP contribution is -2.39. The van der Waals surface area contributed by atoms with E-state index in [4.69, 9.17) is 9.47 Å². The van der Waals surface area contributed by atoms with Crippen LogP contribution in [0.2, 0.25) is 0 Å². The molecule has 3 rings (SSSR count). The van der Waals surface area contributed by atoms with Crippen molar-refractivity contribution in [2.75, 3.05) is 28.7 Å². The lowest BCUT2D eigenvalue weighted by Gasteiger charge is -2.23. The maximum atomic E-state index is 12.5. The molecule has 1 aliphatic heterocycles. The molecule has 0 saturated carbocycles. The van der Waals surface area contributed by atoms with E-state index in [-0.39, 0.29) is 19.1 Å². The molecule has 1 heterocycles. The average molecular weight is 441 g/mol. The van der Waals surface area contributed by atoms with Gasteiger partial charge in [0.15, 0.2) is 11.5 Å². The zero-order chi connectivity index (χ0) is 18.7. The van der Waals surface area contributed by atoms with Crippen molar-refractivity contribution >= 4 is 43.2 Å². The Morgan fingerprint density at radius 2 is 1.92 bits per heavy atom. The van der Waals surface area contributed by atoms with Crippen LogP contribution in [0, 0.1) is 0 Å². The number of para-hydroxylation sites is 1. The van der Waals surface area contributed by atoms with E-state index in [0.717, 1.165) is 4.31 Å². The Morgan fingerprint density at radius 1 is 1.19 bits per heavy atom. The highest BCUT2D eigenvalue weighted by Crippen LogP contribution is 2.36. The van der Waals surface area contributed by atoms with E-state index in [9.17, 15) is 13.2 Å². The molecule has 1 N–H and O–H groups in total. The lowest BCUT2D eigenvalue weighted by molar-refractivity contribution is -0.114. The summed E-state index contributed by atoms with van der Waals surface area (Å²) >= 11 is 3.35. The van der Waals surface area contributed by atoms with Crippen LogP contribution in [0.5, 0.6) is 11.5 Å². The number of amides is 1. The van der Waals surface area contributed by atoms with E-state index in [0.29, 0.717) is 27.3 Å². The number of nitrogens with zero attached hydrogens (tertiary/aromatic N) is 1. The first-order chi connectivity index (χ1) is 12.4. The molecule has 0 spiro atoms. The average Bonchev–Trinajstić information content (AvgIpc) is 3.09. The van der Waals surface area contributed by atoms with Gasteiger partial charge in [0.25, 0.3) is 0 Å². The van der Waals surface area contributed by atoms with Crippen molar-refractivity contribution in [1.29, 1.82) is 0 Å². The molecule has 2 aromatic carbocycles. The number of nitrogens with one attached hydrogen (secondary N) is 1. The van der Waals surface area contributed by atoms with Crippen LogP contribution in [0.3, 0.4) is 0 Å². The van der Waals surface area contributed by atoms with Crippen LogP contribution in [-0.4, -0.2) is 33.4 Å². The predicted octanol–water partition coefficient (Wildman–Crippen LogP) is 2.97. The zero-order valence-electron chi connectivity index (χ0n) is 13.9. The molecule has 0 unspecified atom stereocenters. The standard InChI is InChI=1S/C17H17BrN2O5S/c1-2-26(22,23)20(12-7-8-15-16(9-12)25-11-24-15)10-17(21)19-14-6-4-3-5-13(14)18/h3-9H,2,10-11H2,1H3,(H,19,21). The quantitative estimate of drug-likeness (QED) is 0.745. The number of hydrogen-bond donors (Lipinski definition) is 1. The van der Waals surface area contributed by atoms with E-state index in [2.05, 4.69) is 21.2 Å². The van der Waals surface area contributed by atoms with E-state index in [1.165, 1.54) is 6.92 Å². The minimum atomic E-state index is -3.66. The fourth-order valence-electron chi connectivity index (χ4n) is 2.43. The van der Waals surface area contributed by atoms with Crippen LogP contribution in [0.15, 0.2) is 46.9 Å². The SMILES string of the molecule is CCS(=O)(=O)N(CC(=O)Nc1ccccc1Br)c1ccc2c(c1)OCO2. The predicted molar refractivity (Wildman–Crippen MR) is 102 cm³/mol. The van der Waals surface area contributed by atoms with Crippen molar-refractivity contribution in [3.05, 3.63) is 46.9 Å². The molecular weight excluding hydrogens is 424 g/mol. The summed E-state index contributed by atoms with van der Waals surface area (Å²) in [4.78, 5) is 12.5. The molecule has 0 aromatic heterocycles. The second kappa shape index (κ2) is 7.55. The highest BCUT2D eigenvalue weighted by molar-refractivity contribution is 9.10. The van der Waals surface area contributed by atoms with Gasteiger partial charge in [-0.25, -0.2) is 8.42 Å². The summed E-state index contributed by atoms with van der Waals surface area (Å²) < 4.78 is 37.4. The van der Waals surface area contributed by atoms with Crippen LogP contribution in [0.1, 0.15) is 6.92 Å². The first kappa shape index (κ1) is 18.5. The first-order valence-electron chi connectivity index (χ1n) is 7.85. The summed E-state index contributed by atoms with van der Waals surface area (Å²) in [6.45, 7) is 1.26. The largest absolute Gasteiger partial charge is 0.454 e. The molecule has 0 atom stereocenters. The molecule has 7 nitrogen and oxygen atoms in total. The summed E-state index contributed by atoms with van der Waals surface area (Å²) in [6, 6.07) is 11.9. The zero-order valence-corrected chi connectivity index (χ0v) is 16.3. The van der Waals surface area contributed by atoms with Crippen molar-refractivity contribution < 1.29 is 22.7 Å². The third kappa shape index (κ3) is 3.94. The molecule has 26 heavy (non-hydrogen) atoms. The smallest absolute Gasteiger partial charge is 0.245 e. The molecule has 0 fully saturated rings. The number of fused-ring (bicyclic) bond motifs is 1. The number of benzene rings is 2. The van der Waals surface area contributed by atoms with E-state index in [1.807, 2.05) is 6.07 Å². The molecule has 0 aliphatic carbocycles. The number of sulfonamides is 1. The highest BCUT2D eigenvalue weighted by atomic mass is 79.9. The topological polar surface area (TPSA) is 84.9 Å². The van der Waals surface area contributed by atoms with Crippen LogP contribution >= 0.6 is 15.9 Å². The van der Waals surface area contributed by atoms with Gasteiger partial charge in [-0.05, 0) is 47.1 Å². The fourth-order valence-corrected chi connectivity index (χ4v) is 3.87. The van der Waals surface area contributed by atoms with Gasteiger partial charge in [0, 0.05) is 10.5 Å². The van der Waals surface area contributed by atoms with Crippen molar-refractivity contribution in [2.24, 2.45) is 0 Å². The van der Waals surface area contributed by atoms with Crippen molar-refractivity contribution in [3.8, 4) is 11.5 Å². The Labute approximate surface area is 160 Å². The van der Waals surface area contributed by atoms with Gasteiger partial charge in [-0.2, -0.15) is 0 Å². The van der Waals surface area contributed by atoms with Crippen molar-refractivity contribution in [2.45, 2.75) is 6.92 Å². The highest BCUT2D eigenvalue weighted by Gasteiger charge is 2.26. The monoisotopic (exact) mass is 440 g/mol. The first-order valence-corrected chi connectivity index (χ1v) is 10.3. The van der Waals surface area contributed by atoms with Gasteiger partial charge < -0.3 is 14.8 Å². The van der Waals surface area contributed by atoms with Gasteiger partial charge in [-0.15, -0.1) is 0 Å². The van der Waals surface area contributed by atoms with E-state index >= 15 is 0 Å². The minimum Gasteiger partial charge on any atom is -0.454 e. The molecule has 1 amide bonds. The van der Waals surface area contributed by atoms with Crippen molar-refractivity contribution in [1.82, 2.24) is 0 Å². The molecule has 2 aromatic rings. The molecule has 0 saturated heterocycles. The third-order valence-corrected chi connectivity index (χ3v) is 6.21. The number of halogens is 1. The molecule has 0 radical (unpaired) electrons. The number of carbonyl (C=O) groups is 1. The van der Waals surface area contributed by atoms with Crippen LogP contribution in [0.25, 0.3) is 0 Å². The molecule has 1 aliphatic rings. The third-order valence-electron chi connectivity index (χ3n) is 3.78. The van der Waals surface area contributed by atoms with E-state index < -0.39 is 15.9 Å². The second-order valence-electron chi connectivity index (χ2n) is 5.47. The summed E-state index contributed by atoms with van der Waals surface area (Å²) in [5, 5.41) is 2.71. The van der Waals surface area contributed by atoms with Gasteiger partial charge in [0.05, 0.1) is 17.1 Å². The number of hydrogen-bond acceptors (Lipinski definition) is 5. The van der Waals surface area contributed by atoms with Gasteiger partial charge in [0.2, 0.25) is 22.7 Å². The van der Waals surface area contributed by atoms with E-state index in [1.54, 1.807) is 36.4 Å². The number of carbonyl (C=O) groups excluding carboxylic acids is 1. The Morgan fingerprint density at radius 3 is 2.65 bits per heavy atom. The maximum absolute atomic E-state index is 12.5. The van der Waals surface area contributed by atoms with Gasteiger partial charge in [-0.3, -0.25) is 9.10 Å². The second-order valence-corrected chi connectivity index (χ2v) is 8.51. The molecular formula is C17H17BrN2O5S. The Kier molecular flexibility index (Phi) is 5.38. The fraction of sp³-hybridized carbons (Fsp3) is 0.235. The van der Waals surface area contributed by atoms with Crippen LogP contribution < -0.4 is 19.1 Å². The summed E-state index contributed by atoms with van der Waals surface area (Å²) in [6.07, 6.45) is 0. The Hall–Kier alpha value is -2.26. The van der Waals surface area contributed by atoms with Gasteiger partial charge >= 0.3 is 0 Å². The van der Waals surface area contributed by atoms with Gasteiger partial charge in [0.1, 0.15) is 6.54 Å². The Bertz CT molecular complexity index is 933. The van der Waals surface area contributed by atoms with Crippen LogP contribution in [0.4, 0.5) is 11.4 Å². The summed E-state index contributed by atoms with van der Waals surface area (Å²) in [5.74, 6) is 0.404. The van der Waals surface area contributed by atoms with Crippen LogP contribution in [-0.2, 0) is 14.8 Å². The van der Waals surface area contributed by atoms with Gasteiger partial charge in [-0.1, -0.05) is 12.1 Å². The normalized spacial score (nSPS) is 12.7. The number of rotatable bonds is 6. The minimum absolute atomic E-state index is 0.0852.